The van der Waals surface area contributed by atoms with E-state index in [1.165, 1.54) is 19.6 Å². The van der Waals surface area contributed by atoms with Crippen LogP contribution in [0.1, 0.15) is 53.3 Å². The third-order valence-electron chi connectivity index (χ3n) is 2.74. The fourth-order valence-electron chi connectivity index (χ4n) is 1.71. The standard InChI is InChI=1S/C16H25N3O5/c1-15(2,3)23-13(21)18(7)12(9-20)11-8-19(10-17-11)14(22)24-16(4,5)6/h8-10,12H,1-7H3. The average molecular weight is 339 g/mol. The first-order valence-electron chi connectivity index (χ1n) is 7.52. The van der Waals surface area contributed by atoms with Crippen molar-refractivity contribution < 1.29 is 23.9 Å². The van der Waals surface area contributed by atoms with Crippen LogP contribution >= 0.6 is 0 Å². The van der Waals surface area contributed by atoms with Crippen molar-refractivity contribution in [1.82, 2.24) is 14.5 Å². The number of ether oxygens (including phenoxy) is 2. The van der Waals surface area contributed by atoms with Crippen molar-refractivity contribution >= 4 is 18.5 Å². The van der Waals surface area contributed by atoms with Crippen molar-refractivity contribution in [1.29, 1.82) is 0 Å². The lowest BCUT2D eigenvalue weighted by molar-refractivity contribution is -0.112. The summed E-state index contributed by atoms with van der Waals surface area (Å²) in [6.07, 6.45) is 1.87. The summed E-state index contributed by atoms with van der Waals surface area (Å²) in [5.74, 6) is 0. The molecule has 0 radical (unpaired) electrons. The monoisotopic (exact) mass is 339 g/mol. The van der Waals surface area contributed by atoms with E-state index in [4.69, 9.17) is 9.47 Å². The Morgan fingerprint density at radius 2 is 1.71 bits per heavy atom. The summed E-state index contributed by atoms with van der Waals surface area (Å²) in [4.78, 5) is 40.6. The Hall–Kier alpha value is -2.38. The lowest BCUT2D eigenvalue weighted by atomic mass is 10.2. The predicted molar refractivity (Wildman–Crippen MR) is 86.7 cm³/mol. The first kappa shape index (κ1) is 19.7. The Balaban J connectivity index is 2.92. The van der Waals surface area contributed by atoms with Crippen molar-refractivity contribution in [3.63, 3.8) is 0 Å². The molecule has 1 unspecified atom stereocenters. The minimum Gasteiger partial charge on any atom is -0.444 e. The molecule has 1 amide bonds. The van der Waals surface area contributed by atoms with Crippen molar-refractivity contribution in [3.8, 4) is 0 Å². The molecule has 8 heteroatoms. The quantitative estimate of drug-likeness (QED) is 0.787. The highest BCUT2D eigenvalue weighted by molar-refractivity contribution is 5.75. The van der Waals surface area contributed by atoms with Gasteiger partial charge < -0.3 is 14.3 Å². The molecule has 0 bridgehead atoms. The van der Waals surface area contributed by atoms with Crippen LogP contribution in [0.15, 0.2) is 12.5 Å². The van der Waals surface area contributed by atoms with Gasteiger partial charge in [0.05, 0.1) is 5.69 Å². The maximum Gasteiger partial charge on any atom is 0.419 e. The van der Waals surface area contributed by atoms with E-state index >= 15 is 0 Å². The Bertz CT molecular complexity index is 610. The van der Waals surface area contributed by atoms with Crippen LogP contribution in [-0.2, 0) is 14.3 Å². The molecule has 1 aromatic heterocycles. The summed E-state index contributed by atoms with van der Waals surface area (Å²) < 4.78 is 11.6. The molecule has 1 heterocycles. The van der Waals surface area contributed by atoms with E-state index in [1.54, 1.807) is 41.5 Å². The molecule has 0 spiro atoms. The molecule has 0 aliphatic rings. The first-order chi connectivity index (χ1) is 10.8. The van der Waals surface area contributed by atoms with E-state index in [0.717, 1.165) is 9.47 Å². The molecular formula is C16H25N3O5. The third-order valence-corrected chi connectivity index (χ3v) is 2.74. The van der Waals surface area contributed by atoms with Gasteiger partial charge >= 0.3 is 12.2 Å². The Kier molecular flexibility index (Phi) is 5.75. The van der Waals surface area contributed by atoms with Gasteiger partial charge in [0.2, 0.25) is 0 Å². The maximum absolute atomic E-state index is 12.1. The van der Waals surface area contributed by atoms with Crippen LogP contribution in [0.4, 0.5) is 9.59 Å². The maximum atomic E-state index is 12.1. The van der Waals surface area contributed by atoms with E-state index in [9.17, 15) is 14.4 Å². The molecule has 0 aliphatic heterocycles. The highest BCUT2D eigenvalue weighted by Crippen LogP contribution is 2.19. The number of hydrogen-bond acceptors (Lipinski definition) is 6. The second kappa shape index (κ2) is 7.02. The molecule has 1 atom stereocenters. The van der Waals surface area contributed by atoms with Gasteiger partial charge in [-0.05, 0) is 41.5 Å². The van der Waals surface area contributed by atoms with E-state index in [1.807, 2.05) is 0 Å². The largest absolute Gasteiger partial charge is 0.444 e. The van der Waals surface area contributed by atoms with Gasteiger partial charge in [-0.3, -0.25) is 4.90 Å². The summed E-state index contributed by atoms with van der Waals surface area (Å²) in [5, 5.41) is 0. The van der Waals surface area contributed by atoms with Gasteiger partial charge in [-0.15, -0.1) is 0 Å². The molecule has 8 nitrogen and oxygen atoms in total. The summed E-state index contributed by atoms with van der Waals surface area (Å²) in [7, 11) is 1.43. The predicted octanol–water partition coefficient (Wildman–Crippen LogP) is 2.77. The van der Waals surface area contributed by atoms with Gasteiger partial charge in [0.25, 0.3) is 0 Å². The minimum absolute atomic E-state index is 0.240. The minimum atomic E-state index is -0.969. The van der Waals surface area contributed by atoms with E-state index in [-0.39, 0.29) is 5.69 Å². The Morgan fingerprint density at radius 1 is 1.17 bits per heavy atom. The molecule has 0 N–H and O–H groups in total. The number of amides is 1. The normalized spacial score (nSPS) is 13.1. The highest BCUT2D eigenvalue weighted by Gasteiger charge is 2.28. The van der Waals surface area contributed by atoms with Gasteiger partial charge in [-0.1, -0.05) is 0 Å². The number of aldehydes is 1. The van der Waals surface area contributed by atoms with Gasteiger partial charge in [-0.25, -0.2) is 19.1 Å². The number of imidazole rings is 1. The SMILES string of the molecule is CN(C(=O)OC(C)(C)C)C(C=O)c1cn(C(=O)OC(C)(C)C)cn1. The first-order valence-corrected chi connectivity index (χ1v) is 7.52. The lowest BCUT2D eigenvalue weighted by Gasteiger charge is -2.27. The fourth-order valence-corrected chi connectivity index (χ4v) is 1.71. The van der Waals surface area contributed by atoms with Crippen LogP contribution in [0.2, 0.25) is 0 Å². The number of carbonyl (C=O) groups is 3. The van der Waals surface area contributed by atoms with Gasteiger partial charge in [0, 0.05) is 13.2 Å². The smallest absolute Gasteiger partial charge is 0.419 e. The van der Waals surface area contributed by atoms with E-state index < -0.39 is 29.4 Å². The van der Waals surface area contributed by atoms with Gasteiger partial charge in [-0.2, -0.15) is 0 Å². The fraction of sp³-hybridized carbons (Fsp3) is 0.625. The van der Waals surface area contributed by atoms with Crippen molar-refractivity contribution in [2.75, 3.05) is 7.05 Å². The van der Waals surface area contributed by atoms with Crippen molar-refractivity contribution in [3.05, 3.63) is 18.2 Å². The summed E-state index contributed by atoms with van der Waals surface area (Å²) in [6.45, 7) is 10.4. The lowest BCUT2D eigenvalue weighted by Crippen LogP contribution is -2.37. The summed E-state index contributed by atoms with van der Waals surface area (Å²) in [5.41, 5.74) is -1.10. The van der Waals surface area contributed by atoms with E-state index in [0.29, 0.717) is 6.29 Å². The van der Waals surface area contributed by atoms with Crippen molar-refractivity contribution in [2.45, 2.75) is 58.8 Å². The van der Waals surface area contributed by atoms with Crippen LogP contribution in [0.3, 0.4) is 0 Å². The second-order valence-electron chi connectivity index (χ2n) is 7.36. The third kappa shape index (κ3) is 5.68. The molecule has 134 valence electrons. The number of hydrogen-bond donors (Lipinski definition) is 0. The molecule has 0 aliphatic carbocycles. The molecule has 1 rings (SSSR count). The highest BCUT2D eigenvalue weighted by atomic mass is 16.6. The molecule has 0 saturated carbocycles. The topological polar surface area (TPSA) is 90.7 Å². The zero-order chi connectivity index (χ0) is 18.7. The number of nitrogens with zero attached hydrogens (tertiary/aromatic N) is 3. The number of likely N-dealkylation sites (N-methyl/N-ethyl adjacent to an activating group) is 1. The van der Waals surface area contributed by atoms with Crippen LogP contribution in [-0.4, -0.2) is 51.2 Å². The second-order valence-corrected chi connectivity index (χ2v) is 7.36. The molecule has 1 aromatic rings. The Morgan fingerprint density at radius 3 is 2.17 bits per heavy atom. The molecule has 0 saturated heterocycles. The van der Waals surface area contributed by atoms with Crippen molar-refractivity contribution in [2.24, 2.45) is 0 Å². The van der Waals surface area contributed by atoms with Crippen LogP contribution < -0.4 is 0 Å². The van der Waals surface area contributed by atoms with Crippen LogP contribution in [0, 0.1) is 0 Å². The van der Waals surface area contributed by atoms with E-state index in [2.05, 4.69) is 4.98 Å². The average Bonchev–Trinajstić information content (AvgIpc) is 2.85. The van der Waals surface area contributed by atoms with Gasteiger partial charge in [0.1, 0.15) is 29.9 Å². The zero-order valence-electron chi connectivity index (χ0n) is 15.2. The molecule has 0 fully saturated rings. The van der Waals surface area contributed by atoms with Gasteiger partial charge in [0.15, 0.2) is 0 Å². The number of carbonyl (C=O) groups excluding carboxylic acids is 3. The number of aromatic nitrogens is 2. The molecule has 24 heavy (non-hydrogen) atoms. The van der Waals surface area contributed by atoms with Crippen LogP contribution in [0.5, 0.6) is 0 Å². The van der Waals surface area contributed by atoms with Crippen LogP contribution in [0.25, 0.3) is 0 Å². The zero-order valence-corrected chi connectivity index (χ0v) is 15.2. The molecular weight excluding hydrogens is 314 g/mol. The summed E-state index contributed by atoms with van der Waals surface area (Å²) >= 11 is 0. The number of rotatable bonds is 3. The summed E-state index contributed by atoms with van der Waals surface area (Å²) in [6, 6.07) is -0.969. The molecule has 0 aromatic carbocycles. The Labute approximate surface area is 141 Å².